The summed E-state index contributed by atoms with van der Waals surface area (Å²) in [5.74, 6) is -5.43. The van der Waals surface area contributed by atoms with E-state index < -0.39 is 47.8 Å². The van der Waals surface area contributed by atoms with Gasteiger partial charge in [-0.1, -0.05) is 18.2 Å². The molecule has 2 aromatic carbocycles. The van der Waals surface area contributed by atoms with Crippen LogP contribution in [0.5, 0.6) is 0 Å². The minimum Gasteiger partial charge on any atom is -0.481 e. The van der Waals surface area contributed by atoms with Gasteiger partial charge in [-0.2, -0.15) is 0 Å². The molecule has 0 aliphatic carbocycles. The maximum Gasteiger partial charge on any atom is 0.326 e. The van der Waals surface area contributed by atoms with Crippen LogP contribution < -0.4 is 16.6 Å². The largest absolute Gasteiger partial charge is 0.481 e. The van der Waals surface area contributed by atoms with E-state index in [4.69, 9.17) is 10.8 Å². The number of aromatic nitrogens is 2. The lowest BCUT2D eigenvalue weighted by Gasteiger charge is -2.15. The number of H-pyrrole nitrogens is 1. The highest BCUT2D eigenvalue weighted by molar-refractivity contribution is 5.96. The van der Waals surface area contributed by atoms with Gasteiger partial charge in [0.1, 0.15) is 6.04 Å². The van der Waals surface area contributed by atoms with E-state index in [1.807, 2.05) is 0 Å². The number of aromatic amines is 1. The summed E-state index contributed by atoms with van der Waals surface area (Å²) in [6.07, 6.45) is -0.663. The standard InChI is InChI=1S/C23H22N4O8/c24-23-26-16-6-1-11(10-15(16)20(31)27-23)9-14(21(32)33)12-2-4-13(5-3-12)19(30)25-17(22(34)35)7-8-18(28)29/h1-6,10,14,17H,7-9H2,(H,25,30)(H,28,29)(H,32,33)(H,34,35)(H3,24,26,27,31)/t14-,17-/m0/s1. The Bertz CT molecular complexity index is 1350. The molecule has 3 rings (SSSR count). The molecule has 0 aliphatic heterocycles. The van der Waals surface area contributed by atoms with E-state index in [0.717, 1.165) is 0 Å². The van der Waals surface area contributed by atoms with Crippen LogP contribution in [0, 0.1) is 0 Å². The van der Waals surface area contributed by atoms with E-state index in [1.54, 1.807) is 18.2 Å². The number of anilines is 1. The third-order valence-corrected chi connectivity index (χ3v) is 5.35. The Morgan fingerprint density at radius 1 is 1.00 bits per heavy atom. The second-order valence-electron chi connectivity index (χ2n) is 7.82. The molecule has 0 aliphatic rings. The van der Waals surface area contributed by atoms with Crippen molar-refractivity contribution in [3.63, 3.8) is 0 Å². The zero-order valence-electron chi connectivity index (χ0n) is 18.2. The molecule has 0 radical (unpaired) electrons. The Kier molecular flexibility index (Phi) is 7.44. The molecule has 3 aromatic rings. The monoisotopic (exact) mass is 482 g/mol. The van der Waals surface area contributed by atoms with Gasteiger partial charge >= 0.3 is 17.9 Å². The molecule has 12 heteroatoms. The van der Waals surface area contributed by atoms with Crippen molar-refractivity contribution >= 4 is 40.7 Å². The first-order valence-electron chi connectivity index (χ1n) is 10.4. The predicted octanol–water partition coefficient (Wildman–Crippen LogP) is 0.964. The lowest BCUT2D eigenvalue weighted by molar-refractivity contribution is -0.141. The number of nitrogens with zero attached hydrogens (tertiary/aromatic N) is 1. The van der Waals surface area contributed by atoms with Crippen molar-refractivity contribution in [1.29, 1.82) is 0 Å². The first-order valence-corrected chi connectivity index (χ1v) is 10.4. The second kappa shape index (κ2) is 10.5. The molecule has 1 heterocycles. The number of amides is 1. The van der Waals surface area contributed by atoms with Crippen LogP contribution in [0.4, 0.5) is 5.95 Å². The number of nitrogen functional groups attached to an aromatic ring is 1. The number of rotatable bonds is 10. The number of carboxylic acids is 3. The van der Waals surface area contributed by atoms with Crippen molar-refractivity contribution in [1.82, 2.24) is 15.3 Å². The highest BCUT2D eigenvalue weighted by atomic mass is 16.4. The van der Waals surface area contributed by atoms with Gasteiger partial charge in [0.25, 0.3) is 11.5 Å². The van der Waals surface area contributed by atoms with Crippen LogP contribution in [0.2, 0.25) is 0 Å². The lowest BCUT2D eigenvalue weighted by Crippen LogP contribution is -2.41. The van der Waals surface area contributed by atoms with Gasteiger partial charge in [0, 0.05) is 12.0 Å². The summed E-state index contributed by atoms with van der Waals surface area (Å²) in [6, 6.07) is 8.98. The smallest absolute Gasteiger partial charge is 0.326 e. The topological polar surface area (TPSA) is 213 Å². The van der Waals surface area contributed by atoms with Gasteiger partial charge in [-0.25, -0.2) is 9.78 Å². The summed E-state index contributed by atoms with van der Waals surface area (Å²) in [5, 5.41) is 30.2. The fourth-order valence-electron chi connectivity index (χ4n) is 3.55. The summed E-state index contributed by atoms with van der Waals surface area (Å²) < 4.78 is 0. The van der Waals surface area contributed by atoms with Gasteiger partial charge in [0.2, 0.25) is 5.95 Å². The summed E-state index contributed by atoms with van der Waals surface area (Å²) in [4.78, 5) is 64.9. The Balaban J connectivity index is 1.78. The first-order chi connectivity index (χ1) is 16.5. The van der Waals surface area contributed by atoms with Gasteiger partial charge in [-0.05, 0) is 48.2 Å². The minimum absolute atomic E-state index is 0.0284. The van der Waals surface area contributed by atoms with Crippen molar-refractivity contribution in [3.05, 3.63) is 69.5 Å². The number of nitrogens with two attached hydrogens (primary N) is 1. The van der Waals surface area contributed by atoms with Crippen molar-refractivity contribution < 1.29 is 34.5 Å². The molecule has 0 bridgehead atoms. The van der Waals surface area contributed by atoms with Gasteiger partial charge in [0.15, 0.2) is 0 Å². The Labute approximate surface area is 197 Å². The van der Waals surface area contributed by atoms with E-state index in [1.165, 1.54) is 24.3 Å². The van der Waals surface area contributed by atoms with Crippen LogP contribution in [-0.4, -0.2) is 55.1 Å². The molecule has 2 atom stereocenters. The van der Waals surface area contributed by atoms with Crippen LogP contribution in [0.25, 0.3) is 10.9 Å². The molecule has 7 N–H and O–H groups in total. The molecule has 0 unspecified atom stereocenters. The van der Waals surface area contributed by atoms with Crippen molar-refractivity contribution in [2.75, 3.05) is 5.73 Å². The molecule has 0 spiro atoms. The van der Waals surface area contributed by atoms with Gasteiger partial charge in [-0.3, -0.25) is 24.2 Å². The summed E-state index contributed by atoms with van der Waals surface area (Å²) in [5.41, 5.74) is 6.51. The number of hydrogen-bond donors (Lipinski definition) is 6. The fraction of sp³-hybridized carbons (Fsp3) is 0.217. The number of carbonyl (C=O) groups excluding carboxylic acids is 1. The SMILES string of the molecule is Nc1nc2ccc(C[C@H](C(=O)O)c3ccc(C(=O)N[C@@H](CCC(=O)O)C(=O)O)cc3)cc2c(=O)[nH]1. The molecule has 35 heavy (non-hydrogen) atoms. The molecule has 12 nitrogen and oxygen atoms in total. The third-order valence-electron chi connectivity index (χ3n) is 5.35. The van der Waals surface area contributed by atoms with E-state index in [9.17, 15) is 34.2 Å². The minimum atomic E-state index is -1.38. The van der Waals surface area contributed by atoms with E-state index in [0.29, 0.717) is 16.6 Å². The van der Waals surface area contributed by atoms with Gasteiger partial charge in [-0.15, -0.1) is 0 Å². The van der Waals surface area contributed by atoms with E-state index in [2.05, 4.69) is 15.3 Å². The lowest BCUT2D eigenvalue weighted by atomic mass is 9.91. The van der Waals surface area contributed by atoms with Crippen LogP contribution in [0.15, 0.2) is 47.3 Å². The average molecular weight is 482 g/mol. The predicted molar refractivity (Wildman–Crippen MR) is 123 cm³/mol. The maximum atomic E-state index is 12.4. The Morgan fingerprint density at radius 3 is 2.29 bits per heavy atom. The maximum absolute atomic E-state index is 12.4. The molecule has 0 fully saturated rings. The number of nitrogens with one attached hydrogen (secondary N) is 2. The van der Waals surface area contributed by atoms with Crippen LogP contribution in [0.3, 0.4) is 0 Å². The zero-order valence-corrected chi connectivity index (χ0v) is 18.2. The summed E-state index contributed by atoms with van der Waals surface area (Å²) in [6.45, 7) is 0. The highest BCUT2D eigenvalue weighted by Crippen LogP contribution is 2.23. The number of carboxylic acid groups (broad SMARTS) is 3. The molecular weight excluding hydrogens is 460 g/mol. The number of hydrogen-bond acceptors (Lipinski definition) is 7. The average Bonchev–Trinajstić information content (AvgIpc) is 2.79. The fourth-order valence-corrected chi connectivity index (χ4v) is 3.55. The number of fused-ring (bicyclic) bond motifs is 1. The van der Waals surface area contributed by atoms with Crippen molar-refractivity contribution in [2.45, 2.75) is 31.2 Å². The zero-order chi connectivity index (χ0) is 25.7. The first kappa shape index (κ1) is 24.9. The Hall–Kier alpha value is -4.74. The Morgan fingerprint density at radius 2 is 1.69 bits per heavy atom. The quantitative estimate of drug-likeness (QED) is 0.241. The van der Waals surface area contributed by atoms with Gasteiger partial charge < -0.3 is 26.4 Å². The van der Waals surface area contributed by atoms with Crippen LogP contribution >= 0.6 is 0 Å². The normalized spacial score (nSPS) is 12.6. The highest BCUT2D eigenvalue weighted by Gasteiger charge is 2.24. The van der Waals surface area contributed by atoms with Crippen molar-refractivity contribution in [3.8, 4) is 0 Å². The number of aliphatic carboxylic acids is 3. The van der Waals surface area contributed by atoms with E-state index >= 15 is 0 Å². The van der Waals surface area contributed by atoms with Crippen molar-refractivity contribution in [2.24, 2.45) is 0 Å². The molecule has 0 saturated carbocycles. The molecule has 0 saturated heterocycles. The van der Waals surface area contributed by atoms with Crippen LogP contribution in [0.1, 0.15) is 40.2 Å². The molecule has 1 aromatic heterocycles. The molecular formula is C23H22N4O8. The second-order valence-corrected chi connectivity index (χ2v) is 7.82. The summed E-state index contributed by atoms with van der Waals surface area (Å²) in [7, 11) is 0. The van der Waals surface area contributed by atoms with E-state index in [-0.39, 0.29) is 29.7 Å². The summed E-state index contributed by atoms with van der Waals surface area (Å²) >= 11 is 0. The molecule has 182 valence electrons. The number of benzene rings is 2. The molecule has 1 amide bonds. The number of carbonyl (C=O) groups is 4. The van der Waals surface area contributed by atoms with Crippen LogP contribution in [-0.2, 0) is 20.8 Å². The van der Waals surface area contributed by atoms with Gasteiger partial charge in [0.05, 0.1) is 16.8 Å². The third kappa shape index (κ3) is 6.19.